The lowest BCUT2D eigenvalue weighted by atomic mass is 9.80. The Hall–Kier alpha value is -1.40. The van der Waals surface area contributed by atoms with E-state index in [1.165, 1.54) is 13.0 Å². The molecule has 5 heterocycles. The van der Waals surface area contributed by atoms with Gasteiger partial charge in [-0.1, -0.05) is 15.9 Å². The quantitative estimate of drug-likeness (QED) is 0.847. The molecule has 4 saturated heterocycles. The van der Waals surface area contributed by atoms with Crippen molar-refractivity contribution in [2.45, 2.75) is 12.5 Å². The van der Waals surface area contributed by atoms with E-state index in [-0.39, 0.29) is 5.91 Å². The smallest absolute Gasteiger partial charge is 0.275 e. The fourth-order valence-electron chi connectivity index (χ4n) is 4.63. The molecule has 6 heteroatoms. The molecule has 6 rings (SSSR count). The number of carbonyl (C=O) groups excluding carboxylic acids is 1. The van der Waals surface area contributed by atoms with Gasteiger partial charge in [-0.15, -0.1) is 0 Å². The monoisotopic (exact) mass is 360 g/mol. The van der Waals surface area contributed by atoms with E-state index in [1.54, 1.807) is 0 Å². The Kier molecular flexibility index (Phi) is 2.71. The molecule has 5 nitrogen and oxygen atoms in total. The molecule has 0 saturated carbocycles. The summed E-state index contributed by atoms with van der Waals surface area (Å²) in [5, 5.41) is 8.20. The summed E-state index contributed by atoms with van der Waals surface area (Å²) in [7, 11) is 0. The molecule has 0 aliphatic carbocycles. The Morgan fingerprint density at radius 2 is 2.23 bits per heavy atom. The van der Waals surface area contributed by atoms with E-state index in [0.29, 0.717) is 23.6 Å². The van der Waals surface area contributed by atoms with Crippen LogP contribution < -0.4 is 0 Å². The zero-order valence-electron chi connectivity index (χ0n) is 12.1. The number of nitrogens with zero attached hydrogens (tertiary/aromatic N) is 3. The van der Waals surface area contributed by atoms with Gasteiger partial charge in [-0.2, -0.15) is 5.10 Å². The van der Waals surface area contributed by atoms with Crippen molar-refractivity contribution in [1.29, 1.82) is 0 Å². The molecule has 0 spiro atoms. The summed E-state index contributed by atoms with van der Waals surface area (Å²) < 4.78 is 0.973. The van der Waals surface area contributed by atoms with E-state index < -0.39 is 0 Å². The van der Waals surface area contributed by atoms with Gasteiger partial charge in [-0.25, -0.2) is 0 Å². The van der Waals surface area contributed by atoms with E-state index in [2.05, 4.69) is 35.9 Å². The topological polar surface area (TPSA) is 52.2 Å². The zero-order chi connectivity index (χ0) is 14.8. The van der Waals surface area contributed by atoms with Gasteiger partial charge in [0.05, 0.1) is 5.52 Å². The third-order valence-electron chi connectivity index (χ3n) is 5.64. The largest absolute Gasteiger partial charge is 0.332 e. The highest BCUT2D eigenvalue weighted by Crippen LogP contribution is 2.42. The van der Waals surface area contributed by atoms with E-state index in [4.69, 9.17) is 0 Å². The summed E-state index contributed by atoms with van der Waals surface area (Å²) in [4.78, 5) is 17.7. The van der Waals surface area contributed by atoms with Crippen molar-refractivity contribution >= 4 is 32.7 Å². The minimum Gasteiger partial charge on any atom is -0.332 e. The Labute approximate surface area is 136 Å². The second kappa shape index (κ2) is 4.55. The third-order valence-corrected chi connectivity index (χ3v) is 6.13. The zero-order valence-corrected chi connectivity index (χ0v) is 13.7. The maximum absolute atomic E-state index is 13.1. The summed E-state index contributed by atoms with van der Waals surface area (Å²) in [6.07, 6.45) is 1.24. The van der Waals surface area contributed by atoms with Crippen LogP contribution in [0.5, 0.6) is 0 Å². The van der Waals surface area contributed by atoms with Crippen molar-refractivity contribution in [2.75, 3.05) is 26.2 Å². The number of aromatic nitrogens is 2. The first-order chi connectivity index (χ1) is 10.7. The summed E-state index contributed by atoms with van der Waals surface area (Å²) >= 11 is 3.48. The number of amides is 1. The van der Waals surface area contributed by atoms with Gasteiger partial charge >= 0.3 is 0 Å². The van der Waals surface area contributed by atoms with Crippen LogP contribution in [-0.2, 0) is 0 Å². The van der Waals surface area contributed by atoms with Gasteiger partial charge in [0.1, 0.15) is 0 Å². The molecule has 4 fully saturated rings. The summed E-state index contributed by atoms with van der Waals surface area (Å²) in [6.45, 7) is 4.31. The van der Waals surface area contributed by atoms with Crippen LogP contribution in [0, 0.1) is 11.8 Å². The molecule has 1 amide bonds. The number of likely N-dealkylation sites (tertiary alicyclic amines) is 1. The van der Waals surface area contributed by atoms with Gasteiger partial charge in [-0.05, 0) is 43.0 Å². The minimum absolute atomic E-state index is 0.0885. The molecule has 4 aliphatic heterocycles. The van der Waals surface area contributed by atoms with Crippen molar-refractivity contribution in [1.82, 2.24) is 20.0 Å². The number of benzene rings is 1. The maximum atomic E-state index is 13.1. The molecule has 1 aromatic carbocycles. The van der Waals surface area contributed by atoms with E-state index in [9.17, 15) is 4.79 Å². The third kappa shape index (κ3) is 1.74. The summed E-state index contributed by atoms with van der Waals surface area (Å²) in [6, 6.07) is 6.28. The van der Waals surface area contributed by atoms with Crippen molar-refractivity contribution in [3.8, 4) is 0 Å². The molecule has 0 radical (unpaired) electrons. The van der Waals surface area contributed by atoms with Crippen molar-refractivity contribution in [2.24, 2.45) is 11.8 Å². The average molecular weight is 361 g/mol. The maximum Gasteiger partial charge on any atom is 0.275 e. The lowest BCUT2D eigenvalue weighted by molar-refractivity contribution is 0.0420. The number of rotatable bonds is 1. The predicted molar refractivity (Wildman–Crippen MR) is 86.7 cm³/mol. The number of H-pyrrole nitrogens is 1. The average Bonchev–Trinajstić information content (AvgIpc) is 3.06. The summed E-state index contributed by atoms with van der Waals surface area (Å²) in [5.74, 6) is 1.45. The van der Waals surface area contributed by atoms with Gasteiger partial charge in [0.25, 0.3) is 5.91 Å². The molecule has 4 bridgehead atoms. The normalized spacial score (nSPS) is 32.9. The highest BCUT2D eigenvalue weighted by molar-refractivity contribution is 9.10. The van der Waals surface area contributed by atoms with Crippen LogP contribution in [0.25, 0.3) is 10.9 Å². The fourth-order valence-corrected chi connectivity index (χ4v) is 4.99. The number of halogens is 1. The number of piperidine rings is 3. The standard InChI is InChI=1S/C16H17BrN4O/c17-10-1-2-13-12(5-10)15(19-18-13)16(22)21-7-9-6-20-4-3-11(9)14(21)8-20/h1-2,5,9,11,14H,3-4,6-8H2,(H,18,19)/t9-,11?,14-/m0/s1. The number of fused-ring (bicyclic) bond motifs is 2. The highest BCUT2D eigenvalue weighted by Gasteiger charge is 2.51. The molecule has 2 aromatic rings. The molecule has 2 unspecified atom stereocenters. The molecule has 4 atom stereocenters. The molecule has 1 N–H and O–H groups in total. The van der Waals surface area contributed by atoms with Crippen LogP contribution >= 0.6 is 15.9 Å². The van der Waals surface area contributed by atoms with Crippen LogP contribution in [0.1, 0.15) is 16.9 Å². The molecular formula is C16H17BrN4O. The first-order valence-corrected chi connectivity index (χ1v) is 8.67. The SMILES string of the molecule is O=C(c1n[nH]c2ccc(Br)cc12)N1C[C@@H]2CN3CCC2[C@@H]1C3. The molecule has 114 valence electrons. The van der Waals surface area contributed by atoms with Crippen LogP contribution in [0.3, 0.4) is 0 Å². The van der Waals surface area contributed by atoms with Crippen molar-refractivity contribution in [3.05, 3.63) is 28.4 Å². The number of carbonyl (C=O) groups is 1. The summed E-state index contributed by atoms with van der Waals surface area (Å²) in [5.41, 5.74) is 1.48. The fraction of sp³-hybridized carbons (Fsp3) is 0.500. The van der Waals surface area contributed by atoms with Crippen LogP contribution in [-0.4, -0.2) is 58.1 Å². The molecule has 1 aromatic heterocycles. The van der Waals surface area contributed by atoms with Crippen molar-refractivity contribution in [3.63, 3.8) is 0 Å². The lowest BCUT2D eigenvalue weighted by Gasteiger charge is -2.44. The Balaban J connectivity index is 1.53. The van der Waals surface area contributed by atoms with Crippen LogP contribution in [0.4, 0.5) is 0 Å². The second-order valence-corrected chi connectivity index (χ2v) is 7.67. The Morgan fingerprint density at radius 3 is 3.05 bits per heavy atom. The molecule has 22 heavy (non-hydrogen) atoms. The van der Waals surface area contributed by atoms with Crippen molar-refractivity contribution < 1.29 is 4.79 Å². The van der Waals surface area contributed by atoms with Crippen LogP contribution in [0.15, 0.2) is 22.7 Å². The molecular weight excluding hydrogens is 344 g/mol. The van der Waals surface area contributed by atoms with Crippen LogP contribution in [0.2, 0.25) is 0 Å². The van der Waals surface area contributed by atoms with Gasteiger partial charge in [0.15, 0.2) is 5.69 Å². The molecule has 4 aliphatic rings. The first kappa shape index (κ1) is 13.1. The van der Waals surface area contributed by atoms with E-state index >= 15 is 0 Å². The Bertz CT molecular complexity index is 773. The van der Waals surface area contributed by atoms with E-state index in [1.807, 2.05) is 18.2 Å². The van der Waals surface area contributed by atoms with Gasteiger partial charge < -0.3 is 9.80 Å². The van der Waals surface area contributed by atoms with Gasteiger partial charge in [-0.3, -0.25) is 9.89 Å². The second-order valence-electron chi connectivity index (χ2n) is 6.76. The number of nitrogens with one attached hydrogen (secondary N) is 1. The number of aromatic amines is 1. The highest BCUT2D eigenvalue weighted by atomic mass is 79.9. The van der Waals surface area contributed by atoms with Gasteiger partial charge in [0, 0.05) is 35.5 Å². The Morgan fingerprint density at radius 1 is 1.32 bits per heavy atom. The van der Waals surface area contributed by atoms with E-state index in [0.717, 1.165) is 35.0 Å². The number of hydrogen-bond donors (Lipinski definition) is 1. The first-order valence-electron chi connectivity index (χ1n) is 7.87. The van der Waals surface area contributed by atoms with Gasteiger partial charge in [0.2, 0.25) is 0 Å². The minimum atomic E-state index is 0.0885. The number of hydrogen-bond acceptors (Lipinski definition) is 3. The lowest BCUT2D eigenvalue weighted by Crippen LogP contribution is -2.54. The predicted octanol–water partition coefficient (Wildman–Crippen LogP) is 2.10.